The summed E-state index contributed by atoms with van der Waals surface area (Å²) in [5, 5.41) is 2.52. The number of hydrogen-bond donors (Lipinski definition) is 0. The first-order chi connectivity index (χ1) is 12.1. The second kappa shape index (κ2) is 8.59. The van der Waals surface area contributed by atoms with E-state index in [9.17, 15) is 4.79 Å². The number of aryl methyl sites for hydroxylation is 2. The van der Waals surface area contributed by atoms with Crippen molar-refractivity contribution in [2.75, 3.05) is 31.1 Å². The summed E-state index contributed by atoms with van der Waals surface area (Å²) >= 11 is 0. The molecular formula is C21H27Cl2N3O. The normalized spacial score (nSPS) is 13.7. The van der Waals surface area contributed by atoms with Gasteiger partial charge in [-0.1, -0.05) is 19.9 Å². The van der Waals surface area contributed by atoms with E-state index in [1.54, 1.807) is 6.92 Å². The maximum atomic E-state index is 12.2. The van der Waals surface area contributed by atoms with Crippen LogP contribution in [0.15, 0.2) is 23.2 Å². The molecule has 0 saturated heterocycles. The van der Waals surface area contributed by atoms with Gasteiger partial charge >= 0.3 is 0 Å². The number of aliphatic imine (C=N–C) groups is 1. The van der Waals surface area contributed by atoms with Crippen LogP contribution in [-0.4, -0.2) is 43.2 Å². The molecule has 146 valence electrons. The van der Waals surface area contributed by atoms with Crippen LogP contribution in [0.5, 0.6) is 0 Å². The molecule has 4 rings (SSSR count). The van der Waals surface area contributed by atoms with Crippen molar-refractivity contribution in [3.05, 3.63) is 34.9 Å². The van der Waals surface area contributed by atoms with E-state index in [1.807, 2.05) is 6.34 Å². The fourth-order valence-corrected chi connectivity index (χ4v) is 4.16. The first-order valence-electron chi connectivity index (χ1n) is 9.29. The summed E-state index contributed by atoms with van der Waals surface area (Å²) in [5.41, 5.74) is 5.53. The summed E-state index contributed by atoms with van der Waals surface area (Å²) in [6, 6.07) is 6.55. The number of anilines is 1. The molecule has 0 saturated carbocycles. The van der Waals surface area contributed by atoms with Gasteiger partial charge in [0.2, 0.25) is 0 Å². The maximum absolute atomic E-state index is 12.2. The van der Waals surface area contributed by atoms with E-state index in [2.05, 4.69) is 41.8 Å². The van der Waals surface area contributed by atoms with E-state index in [0.717, 1.165) is 50.3 Å². The van der Waals surface area contributed by atoms with Gasteiger partial charge in [-0.15, -0.1) is 24.8 Å². The number of benzene rings is 2. The van der Waals surface area contributed by atoms with E-state index < -0.39 is 0 Å². The van der Waals surface area contributed by atoms with Gasteiger partial charge in [-0.05, 0) is 61.5 Å². The minimum Gasteiger partial charge on any atom is -0.330 e. The van der Waals surface area contributed by atoms with Gasteiger partial charge in [0, 0.05) is 24.0 Å². The summed E-state index contributed by atoms with van der Waals surface area (Å²) in [7, 11) is 0. The Kier molecular flexibility index (Phi) is 6.90. The summed E-state index contributed by atoms with van der Waals surface area (Å²) in [4.78, 5) is 21.6. The molecule has 0 N–H and O–H groups in total. The largest absolute Gasteiger partial charge is 0.330 e. The highest BCUT2D eigenvalue weighted by Gasteiger charge is 2.26. The second-order valence-electron chi connectivity index (χ2n) is 6.95. The summed E-state index contributed by atoms with van der Waals surface area (Å²) in [6.45, 7) is 10.1. The van der Waals surface area contributed by atoms with Gasteiger partial charge in [0.25, 0.3) is 0 Å². The quantitative estimate of drug-likeness (QED) is 0.644. The molecule has 0 bridgehead atoms. The van der Waals surface area contributed by atoms with E-state index in [0.29, 0.717) is 0 Å². The molecule has 4 nitrogen and oxygen atoms in total. The Morgan fingerprint density at radius 2 is 1.81 bits per heavy atom. The number of nitrogens with zero attached hydrogens (tertiary/aromatic N) is 3. The molecule has 2 aromatic carbocycles. The van der Waals surface area contributed by atoms with Gasteiger partial charge in [-0.2, -0.15) is 0 Å². The molecule has 0 fully saturated rings. The zero-order valence-electron chi connectivity index (χ0n) is 16.1. The third-order valence-corrected chi connectivity index (χ3v) is 5.63. The predicted octanol–water partition coefficient (Wildman–Crippen LogP) is 4.81. The van der Waals surface area contributed by atoms with Crippen molar-refractivity contribution in [2.45, 2.75) is 33.6 Å². The van der Waals surface area contributed by atoms with Crippen molar-refractivity contribution >= 4 is 59.1 Å². The Morgan fingerprint density at radius 1 is 1.11 bits per heavy atom. The zero-order chi connectivity index (χ0) is 17.6. The standard InChI is InChI=1S/C21H25N3O.2ClH/c1-4-23(5-2)10-11-24-13-22-21-17(14(3)25)12-16-7-6-15-8-9-18(24)20(21)19(15)16;;/h8-9,12-13H,4-7,10-11H2,1-3H3;2*1H. The highest BCUT2D eigenvalue weighted by molar-refractivity contribution is 6.17. The van der Waals surface area contributed by atoms with Crippen molar-refractivity contribution in [1.82, 2.24) is 4.90 Å². The molecule has 0 unspecified atom stereocenters. The van der Waals surface area contributed by atoms with Crippen LogP contribution in [0.1, 0.15) is 42.3 Å². The Labute approximate surface area is 173 Å². The molecule has 0 atom stereocenters. The molecule has 2 aromatic rings. The Balaban J connectivity index is 0.00000131. The number of rotatable bonds is 6. The number of carbonyl (C=O) groups excluding carboxylic acids is 1. The Hall–Kier alpha value is -1.62. The number of Topliss-reactive ketones (excluding diaryl/α,β-unsaturated/α-hetero) is 1. The first-order valence-corrected chi connectivity index (χ1v) is 9.29. The van der Waals surface area contributed by atoms with Crippen LogP contribution in [-0.2, 0) is 12.8 Å². The number of likely N-dealkylation sites (N-methyl/N-ethyl adjacent to an activating group) is 1. The maximum Gasteiger partial charge on any atom is 0.162 e. The van der Waals surface area contributed by atoms with Crippen LogP contribution in [0.2, 0.25) is 0 Å². The van der Waals surface area contributed by atoms with Crippen LogP contribution in [0.4, 0.5) is 11.4 Å². The fourth-order valence-electron chi connectivity index (χ4n) is 4.16. The molecule has 0 spiro atoms. The predicted molar refractivity (Wildman–Crippen MR) is 119 cm³/mol. The van der Waals surface area contributed by atoms with Crippen LogP contribution in [0, 0.1) is 0 Å². The highest BCUT2D eigenvalue weighted by atomic mass is 35.5. The van der Waals surface area contributed by atoms with Gasteiger partial charge in [0.1, 0.15) is 0 Å². The van der Waals surface area contributed by atoms with Crippen molar-refractivity contribution in [2.24, 2.45) is 4.99 Å². The van der Waals surface area contributed by atoms with Gasteiger partial charge in [-0.3, -0.25) is 4.79 Å². The third kappa shape index (κ3) is 3.58. The zero-order valence-corrected chi connectivity index (χ0v) is 17.8. The van der Waals surface area contributed by atoms with Gasteiger partial charge in [0.15, 0.2) is 5.78 Å². The average Bonchev–Trinajstić information content (AvgIpc) is 3.05. The van der Waals surface area contributed by atoms with Crippen LogP contribution >= 0.6 is 24.8 Å². The molecule has 0 amide bonds. The molecule has 0 radical (unpaired) electrons. The smallest absolute Gasteiger partial charge is 0.162 e. The summed E-state index contributed by atoms with van der Waals surface area (Å²) in [6.07, 6.45) is 4.00. The van der Waals surface area contributed by atoms with Crippen molar-refractivity contribution < 1.29 is 4.79 Å². The summed E-state index contributed by atoms with van der Waals surface area (Å²) < 4.78 is 0. The van der Waals surface area contributed by atoms with Crippen LogP contribution in [0.3, 0.4) is 0 Å². The number of carbonyl (C=O) groups is 1. The van der Waals surface area contributed by atoms with Gasteiger partial charge < -0.3 is 9.80 Å². The molecule has 1 aliphatic carbocycles. The molecule has 6 heteroatoms. The van der Waals surface area contributed by atoms with Crippen LogP contribution < -0.4 is 4.90 Å². The molecule has 1 aliphatic heterocycles. The third-order valence-electron chi connectivity index (χ3n) is 5.63. The lowest BCUT2D eigenvalue weighted by Gasteiger charge is -2.29. The van der Waals surface area contributed by atoms with E-state index in [-0.39, 0.29) is 30.6 Å². The minimum atomic E-state index is 0. The van der Waals surface area contributed by atoms with Crippen molar-refractivity contribution in [3.63, 3.8) is 0 Å². The molecule has 0 aromatic heterocycles. The lowest BCUT2D eigenvalue weighted by Crippen LogP contribution is -2.35. The monoisotopic (exact) mass is 407 g/mol. The van der Waals surface area contributed by atoms with Crippen molar-refractivity contribution in [3.8, 4) is 0 Å². The molecule has 27 heavy (non-hydrogen) atoms. The average molecular weight is 408 g/mol. The number of halogens is 2. The van der Waals surface area contributed by atoms with E-state index in [4.69, 9.17) is 4.99 Å². The number of hydrogen-bond acceptors (Lipinski definition) is 4. The van der Waals surface area contributed by atoms with E-state index in [1.165, 1.54) is 27.6 Å². The lowest BCUT2D eigenvalue weighted by molar-refractivity contribution is 0.101. The first kappa shape index (κ1) is 21.7. The topological polar surface area (TPSA) is 35.9 Å². The molecule has 1 heterocycles. The summed E-state index contributed by atoms with van der Waals surface area (Å²) in [5.74, 6) is 0.102. The fraction of sp³-hybridized carbons (Fsp3) is 0.429. The number of ketones is 1. The van der Waals surface area contributed by atoms with Gasteiger partial charge in [-0.25, -0.2) is 4.99 Å². The Morgan fingerprint density at radius 3 is 2.48 bits per heavy atom. The highest BCUT2D eigenvalue weighted by Crippen LogP contribution is 2.45. The van der Waals surface area contributed by atoms with Gasteiger partial charge in [0.05, 0.1) is 17.7 Å². The SMILES string of the molecule is CCN(CC)CCN1C=Nc2c(C(C)=O)cc3c4c(ccc1c24)CC3.Cl.Cl. The van der Waals surface area contributed by atoms with Crippen molar-refractivity contribution in [1.29, 1.82) is 0 Å². The van der Waals surface area contributed by atoms with E-state index >= 15 is 0 Å². The lowest BCUT2D eigenvalue weighted by atomic mass is 9.95. The molecule has 2 aliphatic rings. The minimum absolute atomic E-state index is 0. The van der Waals surface area contributed by atoms with Crippen LogP contribution in [0.25, 0.3) is 10.8 Å². The molecular weight excluding hydrogens is 381 g/mol. The second-order valence-corrected chi connectivity index (χ2v) is 6.95. The Bertz CT molecular complexity index is 891.